The molecule has 2 N–H and O–H groups in total. The molecule has 1 aliphatic heterocycles. The molecule has 0 spiro atoms. The van der Waals surface area contributed by atoms with Crippen LogP contribution in [0.4, 0.5) is 0 Å². The van der Waals surface area contributed by atoms with Gasteiger partial charge in [-0.15, -0.1) is 5.10 Å². The quantitative estimate of drug-likeness (QED) is 0.592. The number of aliphatic carboxylic acids is 1. The summed E-state index contributed by atoms with van der Waals surface area (Å²) in [4.78, 5) is 27.7. The van der Waals surface area contributed by atoms with E-state index in [0.29, 0.717) is 37.4 Å². The van der Waals surface area contributed by atoms with Gasteiger partial charge in [-0.1, -0.05) is 19.1 Å². The van der Waals surface area contributed by atoms with E-state index in [2.05, 4.69) is 24.2 Å². The number of hydrogen-bond acceptors (Lipinski definition) is 6. The summed E-state index contributed by atoms with van der Waals surface area (Å²) in [6, 6.07) is 0. The summed E-state index contributed by atoms with van der Waals surface area (Å²) >= 11 is 0. The van der Waals surface area contributed by atoms with Crippen LogP contribution in [-0.4, -0.2) is 73.9 Å². The molecule has 9 heteroatoms. The van der Waals surface area contributed by atoms with Crippen LogP contribution in [0.1, 0.15) is 64.5 Å². The number of carbonyl (C=O) groups excluding carboxylic acids is 1. The minimum Gasteiger partial charge on any atom is -0.479 e. The number of nitrogens with zero attached hydrogens (tertiary/aromatic N) is 4. The maximum atomic E-state index is 13.6. The van der Waals surface area contributed by atoms with Crippen LogP contribution in [0.5, 0.6) is 0 Å². The van der Waals surface area contributed by atoms with Crippen molar-refractivity contribution in [2.24, 2.45) is 16.7 Å². The van der Waals surface area contributed by atoms with Gasteiger partial charge in [0.1, 0.15) is 5.54 Å². The first kappa shape index (κ1) is 23.2. The highest BCUT2D eigenvalue weighted by Crippen LogP contribution is 2.67. The zero-order valence-electron chi connectivity index (χ0n) is 19.4. The second kappa shape index (κ2) is 8.41. The minimum absolute atomic E-state index is 0.0117. The van der Waals surface area contributed by atoms with Crippen molar-refractivity contribution in [2.75, 3.05) is 20.3 Å². The van der Waals surface area contributed by atoms with Crippen LogP contribution in [-0.2, 0) is 27.3 Å². The van der Waals surface area contributed by atoms with E-state index in [1.165, 1.54) is 24.6 Å². The van der Waals surface area contributed by atoms with Crippen LogP contribution in [0.3, 0.4) is 0 Å². The van der Waals surface area contributed by atoms with E-state index in [1.807, 2.05) is 0 Å². The number of ether oxygens (including phenoxy) is 1. The SMILES string of the molecule is COC[C@@H](O)Cn1cc(CC2(C(=O)O)CCCN2C(=O)CC23CCC(CC2)C3(C)C)nn1. The van der Waals surface area contributed by atoms with Crippen LogP contribution < -0.4 is 0 Å². The Labute approximate surface area is 189 Å². The molecule has 2 atom stereocenters. The van der Waals surface area contributed by atoms with Gasteiger partial charge in [0.15, 0.2) is 0 Å². The van der Waals surface area contributed by atoms with Crippen molar-refractivity contribution in [1.82, 2.24) is 19.9 Å². The summed E-state index contributed by atoms with van der Waals surface area (Å²) in [7, 11) is 1.51. The van der Waals surface area contributed by atoms with Crippen molar-refractivity contribution >= 4 is 11.9 Å². The molecule has 2 heterocycles. The normalized spacial score (nSPS) is 31.9. The maximum Gasteiger partial charge on any atom is 0.330 e. The molecular formula is C23H36N4O5. The molecule has 2 bridgehead atoms. The molecule has 32 heavy (non-hydrogen) atoms. The second-order valence-electron chi connectivity index (χ2n) is 10.7. The summed E-state index contributed by atoms with van der Waals surface area (Å²) in [6.45, 7) is 5.43. The molecule has 0 aromatic carbocycles. The van der Waals surface area contributed by atoms with E-state index >= 15 is 0 Å². The van der Waals surface area contributed by atoms with Gasteiger partial charge >= 0.3 is 5.97 Å². The van der Waals surface area contributed by atoms with Gasteiger partial charge in [-0.2, -0.15) is 0 Å². The molecule has 178 valence electrons. The molecule has 2 saturated carbocycles. The lowest BCUT2D eigenvalue weighted by Crippen LogP contribution is -2.55. The molecule has 3 fully saturated rings. The zero-order chi connectivity index (χ0) is 23.1. The van der Waals surface area contributed by atoms with Gasteiger partial charge in [0.2, 0.25) is 5.91 Å². The number of amides is 1. The zero-order valence-corrected chi connectivity index (χ0v) is 19.4. The fourth-order valence-corrected chi connectivity index (χ4v) is 6.75. The number of aromatic nitrogens is 3. The molecular weight excluding hydrogens is 412 g/mol. The number of fused-ring (bicyclic) bond motifs is 2. The van der Waals surface area contributed by atoms with Gasteiger partial charge < -0.3 is 19.8 Å². The van der Waals surface area contributed by atoms with Crippen LogP contribution in [0.2, 0.25) is 0 Å². The first-order valence-electron chi connectivity index (χ1n) is 11.7. The van der Waals surface area contributed by atoms with Crippen molar-refractivity contribution < 1.29 is 24.5 Å². The van der Waals surface area contributed by atoms with Gasteiger partial charge in [0.05, 0.1) is 24.9 Å². The summed E-state index contributed by atoms with van der Waals surface area (Å²) < 4.78 is 6.43. The lowest BCUT2D eigenvalue weighted by molar-refractivity contribution is -0.158. The average molecular weight is 449 g/mol. The second-order valence-corrected chi connectivity index (χ2v) is 10.7. The number of carboxylic acids is 1. The minimum atomic E-state index is -1.29. The lowest BCUT2D eigenvalue weighted by atomic mass is 9.67. The molecule has 4 rings (SSSR count). The number of aliphatic hydroxyl groups is 1. The van der Waals surface area contributed by atoms with Crippen molar-refractivity contribution in [2.45, 2.75) is 83.4 Å². The van der Waals surface area contributed by atoms with Gasteiger partial charge in [0, 0.05) is 32.7 Å². The maximum absolute atomic E-state index is 13.6. The highest BCUT2D eigenvalue weighted by atomic mass is 16.5. The molecule has 1 aromatic heterocycles. The number of likely N-dealkylation sites (tertiary alicyclic amines) is 1. The van der Waals surface area contributed by atoms with Crippen LogP contribution in [0, 0.1) is 16.7 Å². The molecule has 0 radical (unpaired) electrons. The third kappa shape index (κ3) is 3.73. The highest BCUT2D eigenvalue weighted by Gasteiger charge is 2.60. The summed E-state index contributed by atoms with van der Waals surface area (Å²) in [5.41, 5.74) is -0.667. The molecule has 3 aliphatic rings. The number of carbonyl (C=O) groups is 2. The smallest absolute Gasteiger partial charge is 0.330 e. The number of carboxylic acid groups (broad SMARTS) is 1. The predicted molar refractivity (Wildman–Crippen MR) is 116 cm³/mol. The Hall–Kier alpha value is -2.00. The Morgan fingerprint density at radius 3 is 2.59 bits per heavy atom. The van der Waals surface area contributed by atoms with Gasteiger partial charge in [-0.05, 0) is 55.3 Å². The van der Waals surface area contributed by atoms with Crippen LogP contribution in [0.15, 0.2) is 6.20 Å². The van der Waals surface area contributed by atoms with Crippen molar-refractivity contribution in [3.05, 3.63) is 11.9 Å². The first-order valence-corrected chi connectivity index (χ1v) is 11.7. The Bertz CT molecular complexity index is 860. The molecule has 1 unspecified atom stereocenters. The summed E-state index contributed by atoms with van der Waals surface area (Å²) in [6.07, 6.45) is 7.01. The Morgan fingerprint density at radius 1 is 1.28 bits per heavy atom. The molecule has 2 aliphatic carbocycles. The summed E-state index contributed by atoms with van der Waals surface area (Å²) in [5, 5.41) is 28.3. The number of aliphatic hydroxyl groups excluding tert-OH is 1. The molecule has 9 nitrogen and oxygen atoms in total. The fraction of sp³-hybridized carbons (Fsp3) is 0.826. The average Bonchev–Trinajstić information content (AvgIpc) is 3.45. The largest absolute Gasteiger partial charge is 0.479 e. The van der Waals surface area contributed by atoms with Crippen molar-refractivity contribution in [3.8, 4) is 0 Å². The van der Waals surface area contributed by atoms with E-state index in [4.69, 9.17) is 4.74 Å². The van der Waals surface area contributed by atoms with Gasteiger partial charge in [-0.25, -0.2) is 9.48 Å². The van der Waals surface area contributed by atoms with Crippen molar-refractivity contribution in [1.29, 1.82) is 0 Å². The van der Waals surface area contributed by atoms with E-state index in [-0.39, 0.29) is 36.3 Å². The van der Waals surface area contributed by atoms with Gasteiger partial charge in [0.25, 0.3) is 0 Å². The van der Waals surface area contributed by atoms with E-state index in [1.54, 1.807) is 11.1 Å². The monoisotopic (exact) mass is 448 g/mol. The van der Waals surface area contributed by atoms with E-state index < -0.39 is 17.6 Å². The number of methoxy groups -OCH3 is 1. The first-order chi connectivity index (χ1) is 15.1. The lowest BCUT2D eigenvalue weighted by Gasteiger charge is -2.41. The highest BCUT2D eigenvalue weighted by molar-refractivity contribution is 5.88. The topological polar surface area (TPSA) is 118 Å². The van der Waals surface area contributed by atoms with Crippen LogP contribution in [0.25, 0.3) is 0 Å². The van der Waals surface area contributed by atoms with Gasteiger partial charge in [-0.3, -0.25) is 4.79 Å². The standard InChI is InChI=1S/C23H36N4O5/c1-21(2)16-5-8-22(21,9-6-16)12-19(29)27-10-4-7-23(27,20(30)31)11-17-13-26(25-24-17)14-18(28)15-32-3/h13,16,18,28H,4-12,14-15H2,1-3H3,(H,30,31)/t16?,18-,22?,23?/m0/s1. The van der Waals surface area contributed by atoms with E-state index in [9.17, 15) is 19.8 Å². The fourth-order valence-electron chi connectivity index (χ4n) is 6.75. The third-order valence-corrected chi connectivity index (χ3v) is 8.82. The number of rotatable bonds is 9. The van der Waals surface area contributed by atoms with E-state index in [0.717, 1.165) is 12.8 Å². The predicted octanol–water partition coefficient (Wildman–Crippen LogP) is 1.88. The Balaban J connectivity index is 1.51. The third-order valence-electron chi connectivity index (χ3n) is 8.82. The van der Waals surface area contributed by atoms with Crippen molar-refractivity contribution in [3.63, 3.8) is 0 Å². The molecule has 1 saturated heterocycles. The number of hydrogen-bond donors (Lipinski definition) is 2. The Morgan fingerprint density at radius 2 is 2.00 bits per heavy atom. The van der Waals surface area contributed by atoms with Crippen LogP contribution >= 0.6 is 0 Å². The summed E-state index contributed by atoms with van der Waals surface area (Å²) in [5.74, 6) is -0.352. The Kier molecular flexibility index (Phi) is 6.09. The molecule has 1 aromatic rings. The molecule has 1 amide bonds.